The molecule has 33 heavy (non-hydrogen) atoms. The molecule has 0 heterocycles. The Morgan fingerprint density at radius 1 is 1.12 bits per heavy atom. The largest absolute Gasteiger partial charge is 0.378 e. The van der Waals surface area contributed by atoms with Crippen LogP contribution in [0.1, 0.15) is 23.6 Å². The molecule has 0 spiro atoms. The molecule has 0 atom stereocenters. The first kappa shape index (κ1) is 24.2. The summed E-state index contributed by atoms with van der Waals surface area (Å²) in [7, 11) is -4.11. The van der Waals surface area contributed by atoms with Crippen LogP contribution in [0.4, 0.5) is 5.69 Å². The van der Waals surface area contributed by atoms with Crippen LogP contribution in [0.25, 0.3) is 6.08 Å². The molecule has 0 saturated carbocycles. The lowest BCUT2D eigenvalue weighted by Gasteiger charge is -2.12. The Kier molecular flexibility index (Phi) is 7.69. The van der Waals surface area contributed by atoms with E-state index in [0.717, 1.165) is 11.1 Å². The molecular formula is C25H21BrN2O4S. The zero-order valence-electron chi connectivity index (χ0n) is 18.0. The molecular weight excluding hydrogens is 504 g/mol. The van der Waals surface area contributed by atoms with E-state index in [1.54, 1.807) is 36.4 Å². The summed E-state index contributed by atoms with van der Waals surface area (Å²) in [5, 5.41) is 12.4. The quantitative estimate of drug-likeness (QED) is 0.245. The monoisotopic (exact) mass is 524 g/mol. The van der Waals surface area contributed by atoms with Gasteiger partial charge in [0.05, 0.1) is 0 Å². The Labute approximate surface area is 201 Å². The number of anilines is 1. The molecule has 0 fully saturated rings. The van der Waals surface area contributed by atoms with Gasteiger partial charge in [-0.2, -0.15) is 13.7 Å². The van der Waals surface area contributed by atoms with Crippen LogP contribution in [0.3, 0.4) is 0 Å². The normalized spacial score (nSPS) is 11.5. The van der Waals surface area contributed by atoms with E-state index in [-0.39, 0.29) is 21.8 Å². The Bertz CT molecular complexity index is 1360. The van der Waals surface area contributed by atoms with Gasteiger partial charge in [0.2, 0.25) is 0 Å². The highest BCUT2D eigenvalue weighted by Gasteiger charge is 2.19. The van der Waals surface area contributed by atoms with Gasteiger partial charge in [-0.25, -0.2) is 0 Å². The number of carbonyl (C=O) groups is 1. The van der Waals surface area contributed by atoms with Gasteiger partial charge in [0, 0.05) is 15.7 Å². The SMILES string of the molecule is CCc1ccccc1NC(=O)/C(C#N)=C/c1cc(Br)ccc1OS(=O)(=O)c1ccc(C)cc1. The molecule has 0 radical (unpaired) electrons. The van der Waals surface area contributed by atoms with Crippen molar-refractivity contribution in [2.24, 2.45) is 0 Å². The van der Waals surface area contributed by atoms with Crippen LogP contribution < -0.4 is 9.50 Å². The molecule has 6 nitrogen and oxygen atoms in total. The van der Waals surface area contributed by atoms with Crippen molar-refractivity contribution in [1.82, 2.24) is 0 Å². The number of amides is 1. The van der Waals surface area contributed by atoms with Crippen molar-refractivity contribution >= 4 is 43.7 Å². The van der Waals surface area contributed by atoms with Crippen LogP contribution in [-0.4, -0.2) is 14.3 Å². The standard InChI is InChI=1S/C25H21BrN2O4S/c1-3-18-6-4-5-7-23(18)28-25(29)20(16-27)14-19-15-21(26)10-13-24(19)32-33(30,31)22-11-8-17(2)9-12-22/h4-15H,3H2,1-2H3,(H,28,29)/b20-14+. The number of para-hydroxylation sites is 1. The van der Waals surface area contributed by atoms with Crippen molar-refractivity contribution < 1.29 is 17.4 Å². The number of aryl methyl sites for hydroxylation is 2. The second kappa shape index (κ2) is 10.5. The van der Waals surface area contributed by atoms with E-state index in [4.69, 9.17) is 4.18 Å². The molecule has 0 aliphatic rings. The Balaban J connectivity index is 1.95. The summed E-state index contributed by atoms with van der Waals surface area (Å²) in [5.74, 6) is -0.612. The Morgan fingerprint density at radius 2 is 1.82 bits per heavy atom. The summed E-state index contributed by atoms with van der Waals surface area (Å²) in [6.07, 6.45) is 2.01. The molecule has 0 bridgehead atoms. The highest BCUT2D eigenvalue weighted by molar-refractivity contribution is 9.10. The number of nitrogens with zero attached hydrogens (tertiary/aromatic N) is 1. The summed E-state index contributed by atoms with van der Waals surface area (Å²) in [6.45, 7) is 3.81. The van der Waals surface area contributed by atoms with Crippen LogP contribution in [0.15, 0.2) is 81.7 Å². The van der Waals surface area contributed by atoms with Gasteiger partial charge in [-0.05, 0) is 61.4 Å². The van der Waals surface area contributed by atoms with E-state index in [0.29, 0.717) is 16.6 Å². The van der Waals surface area contributed by atoms with E-state index < -0.39 is 16.0 Å². The molecule has 1 N–H and O–H groups in total. The zero-order valence-corrected chi connectivity index (χ0v) is 20.4. The first-order valence-electron chi connectivity index (χ1n) is 10.0. The van der Waals surface area contributed by atoms with Crippen LogP contribution >= 0.6 is 15.9 Å². The fourth-order valence-corrected chi connectivity index (χ4v) is 4.36. The van der Waals surface area contributed by atoms with E-state index in [2.05, 4.69) is 21.2 Å². The first-order chi connectivity index (χ1) is 15.7. The maximum absolute atomic E-state index is 12.8. The average Bonchev–Trinajstić information content (AvgIpc) is 2.79. The summed E-state index contributed by atoms with van der Waals surface area (Å²) < 4.78 is 31.5. The van der Waals surface area contributed by atoms with Crippen LogP contribution in [0.5, 0.6) is 5.75 Å². The molecule has 0 aliphatic carbocycles. The molecule has 0 unspecified atom stereocenters. The molecule has 3 aromatic carbocycles. The number of benzene rings is 3. The third-order valence-corrected chi connectivity index (χ3v) is 6.53. The van der Waals surface area contributed by atoms with Crippen LogP contribution in [-0.2, 0) is 21.3 Å². The summed E-state index contributed by atoms with van der Waals surface area (Å²) in [4.78, 5) is 12.8. The summed E-state index contributed by atoms with van der Waals surface area (Å²) in [5.41, 5.74) is 2.51. The predicted octanol–water partition coefficient (Wildman–Crippen LogP) is 5.63. The van der Waals surface area contributed by atoms with Crippen molar-refractivity contribution in [2.45, 2.75) is 25.2 Å². The first-order valence-corrected chi connectivity index (χ1v) is 12.3. The molecule has 8 heteroatoms. The summed E-state index contributed by atoms with van der Waals surface area (Å²) >= 11 is 3.33. The average molecular weight is 525 g/mol. The molecule has 168 valence electrons. The number of nitrogens with one attached hydrogen (secondary N) is 1. The van der Waals surface area contributed by atoms with Gasteiger partial charge in [-0.1, -0.05) is 58.7 Å². The number of hydrogen-bond acceptors (Lipinski definition) is 5. The fraction of sp³-hybridized carbons (Fsp3) is 0.120. The van der Waals surface area contributed by atoms with Gasteiger partial charge in [0.1, 0.15) is 22.3 Å². The molecule has 0 aliphatic heterocycles. The number of rotatable bonds is 7. The van der Waals surface area contributed by atoms with Crippen molar-refractivity contribution in [3.05, 3.63) is 93.5 Å². The van der Waals surface area contributed by atoms with Gasteiger partial charge in [-0.15, -0.1) is 0 Å². The van der Waals surface area contributed by atoms with Gasteiger partial charge in [0.15, 0.2) is 0 Å². The Hall–Kier alpha value is -3.41. The number of nitriles is 1. The zero-order chi connectivity index (χ0) is 24.0. The third kappa shape index (κ3) is 6.09. The minimum absolute atomic E-state index is 0.000343. The van der Waals surface area contributed by atoms with Crippen LogP contribution in [0.2, 0.25) is 0 Å². The Morgan fingerprint density at radius 3 is 2.48 bits per heavy atom. The van der Waals surface area contributed by atoms with Gasteiger partial charge in [-0.3, -0.25) is 4.79 Å². The predicted molar refractivity (Wildman–Crippen MR) is 131 cm³/mol. The van der Waals surface area contributed by atoms with Gasteiger partial charge in [0.25, 0.3) is 5.91 Å². The number of carbonyl (C=O) groups excluding carboxylic acids is 1. The highest BCUT2D eigenvalue weighted by atomic mass is 79.9. The minimum atomic E-state index is -4.11. The highest BCUT2D eigenvalue weighted by Crippen LogP contribution is 2.29. The molecule has 1 amide bonds. The lowest BCUT2D eigenvalue weighted by molar-refractivity contribution is -0.112. The smallest absolute Gasteiger partial charge is 0.339 e. The van der Waals surface area contributed by atoms with Crippen molar-refractivity contribution in [3.63, 3.8) is 0 Å². The van der Waals surface area contributed by atoms with Gasteiger partial charge < -0.3 is 9.50 Å². The van der Waals surface area contributed by atoms with E-state index >= 15 is 0 Å². The summed E-state index contributed by atoms with van der Waals surface area (Å²) in [6, 6.07) is 20.1. The second-order valence-electron chi connectivity index (χ2n) is 7.17. The third-order valence-electron chi connectivity index (χ3n) is 4.79. The number of halogens is 1. The lowest BCUT2D eigenvalue weighted by atomic mass is 10.1. The van der Waals surface area contributed by atoms with E-state index in [1.165, 1.54) is 24.3 Å². The minimum Gasteiger partial charge on any atom is -0.378 e. The maximum Gasteiger partial charge on any atom is 0.339 e. The van der Waals surface area contributed by atoms with Crippen molar-refractivity contribution in [2.75, 3.05) is 5.32 Å². The molecule has 3 rings (SSSR count). The topological polar surface area (TPSA) is 96.3 Å². The molecule has 0 saturated heterocycles. The number of hydrogen-bond donors (Lipinski definition) is 1. The molecule has 0 aromatic heterocycles. The maximum atomic E-state index is 12.8. The van der Waals surface area contributed by atoms with Crippen molar-refractivity contribution in [3.8, 4) is 11.8 Å². The van der Waals surface area contributed by atoms with Crippen LogP contribution in [0, 0.1) is 18.3 Å². The van der Waals surface area contributed by atoms with Crippen molar-refractivity contribution in [1.29, 1.82) is 5.26 Å². The van der Waals surface area contributed by atoms with E-state index in [1.807, 2.05) is 32.0 Å². The molecule has 3 aromatic rings. The fourth-order valence-electron chi connectivity index (χ4n) is 3.02. The van der Waals surface area contributed by atoms with Gasteiger partial charge >= 0.3 is 10.1 Å². The van der Waals surface area contributed by atoms with E-state index in [9.17, 15) is 18.5 Å². The second-order valence-corrected chi connectivity index (χ2v) is 9.63. The lowest BCUT2D eigenvalue weighted by Crippen LogP contribution is -2.15.